The molecule has 0 spiro atoms. The minimum Gasteiger partial charge on any atom is -0.425 e. The van der Waals surface area contributed by atoms with Crippen molar-refractivity contribution in [3.63, 3.8) is 0 Å². The van der Waals surface area contributed by atoms with Crippen LogP contribution in [0, 0.1) is 13.8 Å². The van der Waals surface area contributed by atoms with Crippen molar-refractivity contribution in [2.75, 3.05) is 0 Å². The highest BCUT2D eigenvalue weighted by Gasteiger charge is 2.07. The zero-order valence-corrected chi connectivity index (χ0v) is 9.90. The van der Waals surface area contributed by atoms with Crippen LogP contribution in [0.4, 0.5) is 0 Å². The maximum atomic E-state index is 5.80. The second kappa shape index (κ2) is 4.39. The van der Waals surface area contributed by atoms with Gasteiger partial charge >= 0.3 is 6.01 Å². The summed E-state index contributed by atoms with van der Waals surface area (Å²) in [6, 6.07) is 8.61. The van der Waals surface area contributed by atoms with E-state index in [0.717, 1.165) is 23.6 Å². The van der Waals surface area contributed by atoms with Gasteiger partial charge in [-0.3, -0.25) is 0 Å². The summed E-state index contributed by atoms with van der Waals surface area (Å²) in [5.41, 5.74) is 2.09. The van der Waals surface area contributed by atoms with E-state index in [0.29, 0.717) is 6.01 Å². The lowest BCUT2D eigenvalue weighted by Crippen LogP contribution is -1.97. The fourth-order valence-corrected chi connectivity index (χ4v) is 1.60. The maximum absolute atomic E-state index is 5.80. The summed E-state index contributed by atoms with van der Waals surface area (Å²) in [6.07, 6.45) is 1.99. The fourth-order valence-electron chi connectivity index (χ4n) is 1.60. The molecule has 0 bridgehead atoms. The molecule has 1 heterocycles. The summed E-state index contributed by atoms with van der Waals surface area (Å²) >= 11 is 0. The average Bonchev–Trinajstić information content (AvgIpc) is 2.62. The van der Waals surface area contributed by atoms with E-state index in [1.807, 2.05) is 48.9 Å². The van der Waals surface area contributed by atoms with Crippen LogP contribution < -0.4 is 4.74 Å². The van der Waals surface area contributed by atoms with Crippen LogP contribution in [-0.4, -0.2) is 9.55 Å². The Morgan fingerprint density at radius 2 is 2.00 bits per heavy atom. The second-order valence-electron chi connectivity index (χ2n) is 3.82. The molecular formula is C13H16N2O. The van der Waals surface area contributed by atoms with Crippen molar-refractivity contribution in [1.82, 2.24) is 9.55 Å². The second-order valence-corrected chi connectivity index (χ2v) is 3.82. The van der Waals surface area contributed by atoms with Crippen molar-refractivity contribution < 1.29 is 4.74 Å². The van der Waals surface area contributed by atoms with Crippen LogP contribution in [0.25, 0.3) is 0 Å². The Hall–Kier alpha value is -1.77. The minimum absolute atomic E-state index is 0.661. The van der Waals surface area contributed by atoms with Crippen LogP contribution in [0.5, 0.6) is 11.8 Å². The van der Waals surface area contributed by atoms with Crippen molar-refractivity contribution in [3.8, 4) is 11.8 Å². The number of aryl methyl sites for hydroxylation is 3. The van der Waals surface area contributed by atoms with Gasteiger partial charge in [-0.2, -0.15) is 0 Å². The first-order valence-corrected chi connectivity index (χ1v) is 5.48. The minimum atomic E-state index is 0.661. The van der Waals surface area contributed by atoms with Gasteiger partial charge < -0.3 is 9.30 Å². The third kappa shape index (κ3) is 2.08. The van der Waals surface area contributed by atoms with Crippen molar-refractivity contribution in [2.45, 2.75) is 27.3 Å². The number of benzene rings is 1. The summed E-state index contributed by atoms with van der Waals surface area (Å²) in [6.45, 7) is 6.94. The highest BCUT2D eigenvalue weighted by Crippen LogP contribution is 2.23. The number of para-hydroxylation sites is 1. The largest absolute Gasteiger partial charge is 0.425 e. The number of nitrogens with zero attached hydrogens (tertiary/aromatic N) is 2. The molecule has 1 aromatic carbocycles. The maximum Gasteiger partial charge on any atom is 0.302 e. The number of ether oxygens (including phenoxy) is 1. The SMILES string of the molecule is CCn1cc(C)nc1Oc1ccccc1C. The van der Waals surface area contributed by atoms with E-state index < -0.39 is 0 Å². The molecule has 3 heteroatoms. The highest BCUT2D eigenvalue weighted by atomic mass is 16.5. The number of rotatable bonds is 3. The average molecular weight is 216 g/mol. The molecule has 0 aliphatic carbocycles. The van der Waals surface area contributed by atoms with Crippen LogP contribution in [0.1, 0.15) is 18.2 Å². The lowest BCUT2D eigenvalue weighted by Gasteiger charge is -2.08. The van der Waals surface area contributed by atoms with E-state index in [2.05, 4.69) is 11.9 Å². The van der Waals surface area contributed by atoms with E-state index >= 15 is 0 Å². The Morgan fingerprint density at radius 3 is 2.69 bits per heavy atom. The highest BCUT2D eigenvalue weighted by molar-refractivity contribution is 5.34. The van der Waals surface area contributed by atoms with E-state index in [1.54, 1.807) is 0 Å². The summed E-state index contributed by atoms with van der Waals surface area (Å²) < 4.78 is 7.81. The number of imidazole rings is 1. The van der Waals surface area contributed by atoms with Crippen LogP contribution in [0.3, 0.4) is 0 Å². The molecule has 0 unspecified atom stereocenters. The van der Waals surface area contributed by atoms with Gasteiger partial charge in [-0.05, 0) is 32.4 Å². The first-order chi connectivity index (χ1) is 7.70. The van der Waals surface area contributed by atoms with Gasteiger partial charge in [0.1, 0.15) is 5.75 Å². The van der Waals surface area contributed by atoms with Crippen LogP contribution in [0.15, 0.2) is 30.5 Å². The first kappa shape index (κ1) is 10.7. The molecule has 2 rings (SSSR count). The fraction of sp³-hybridized carbons (Fsp3) is 0.308. The molecule has 0 saturated heterocycles. The molecule has 16 heavy (non-hydrogen) atoms. The van der Waals surface area contributed by atoms with Gasteiger partial charge in [0, 0.05) is 12.7 Å². The van der Waals surface area contributed by atoms with Crippen LogP contribution >= 0.6 is 0 Å². The number of hydrogen-bond donors (Lipinski definition) is 0. The Labute approximate surface area is 95.7 Å². The molecule has 0 aliphatic rings. The Kier molecular flexibility index (Phi) is 2.95. The van der Waals surface area contributed by atoms with Gasteiger partial charge in [0.2, 0.25) is 0 Å². The standard InChI is InChI=1S/C13H16N2O/c1-4-15-9-11(3)14-13(15)16-12-8-6-5-7-10(12)2/h5-9H,4H2,1-3H3. The van der Waals surface area contributed by atoms with E-state index in [1.165, 1.54) is 0 Å². The zero-order valence-electron chi connectivity index (χ0n) is 9.90. The smallest absolute Gasteiger partial charge is 0.302 e. The molecule has 0 aliphatic heterocycles. The normalized spacial score (nSPS) is 10.4. The summed E-state index contributed by atoms with van der Waals surface area (Å²) in [4.78, 5) is 4.36. The monoisotopic (exact) mass is 216 g/mol. The molecule has 0 saturated carbocycles. The van der Waals surface area contributed by atoms with Crippen LogP contribution in [-0.2, 0) is 6.54 Å². The van der Waals surface area contributed by atoms with Crippen LogP contribution in [0.2, 0.25) is 0 Å². The summed E-state index contributed by atoms with van der Waals surface area (Å²) in [7, 11) is 0. The number of aromatic nitrogens is 2. The summed E-state index contributed by atoms with van der Waals surface area (Å²) in [5.74, 6) is 0.864. The van der Waals surface area contributed by atoms with Crippen molar-refractivity contribution in [3.05, 3.63) is 41.7 Å². The molecule has 3 nitrogen and oxygen atoms in total. The van der Waals surface area contributed by atoms with Crippen molar-refractivity contribution in [2.24, 2.45) is 0 Å². The Bertz CT molecular complexity index is 488. The molecule has 84 valence electrons. The number of hydrogen-bond acceptors (Lipinski definition) is 2. The first-order valence-electron chi connectivity index (χ1n) is 5.48. The Morgan fingerprint density at radius 1 is 1.25 bits per heavy atom. The van der Waals surface area contributed by atoms with E-state index in [9.17, 15) is 0 Å². The van der Waals surface area contributed by atoms with Gasteiger partial charge in [-0.25, -0.2) is 4.98 Å². The topological polar surface area (TPSA) is 27.1 Å². The lowest BCUT2D eigenvalue weighted by molar-refractivity contribution is 0.412. The molecule has 0 N–H and O–H groups in total. The van der Waals surface area contributed by atoms with Crippen molar-refractivity contribution >= 4 is 0 Å². The van der Waals surface area contributed by atoms with Gasteiger partial charge in [0.05, 0.1) is 5.69 Å². The predicted molar refractivity (Wildman–Crippen MR) is 63.9 cm³/mol. The predicted octanol–water partition coefficient (Wildman–Crippen LogP) is 3.31. The lowest BCUT2D eigenvalue weighted by atomic mass is 10.2. The van der Waals surface area contributed by atoms with E-state index in [-0.39, 0.29) is 0 Å². The molecule has 1 aromatic heterocycles. The molecule has 0 fully saturated rings. The zero-order chi connectivity index (χ0) is 11.5. The van der Waals surface area contributed by atoms with Gasteiger partial charge in [0.15, 0.2) is 0 Å². The summed E-state index contributed by atoms with van der Waals surface area (Å²) in [5, 5.41) is 0. The van der Waals surface area contributed by atoms with Gasteiger partial charge in [0.25, 0.3) is 0 Å². The molecule has 0 amide bonds. The Balaban J connectivity index is 2.30. The van der Waals surface area contributed by atoms with Gasteiger partial charge in [-0.15, -0.1) is 0 Å². The third-order valence-corrected chi connectivity index (χ3v) is 2.50. The molecule has 0 atom stereocenters. The quantitative estimate of drug-likeness (QED) is 0.787. The molecule has 0 radical (unpaired) electrons. The van der Waals surface area contributed by atoms with Crippen molar-refractivity contribution in [1.29, 1.82) is 0 Å². The third-order valence-electron chi connectivity index (χ3n) is 2.50. The molecule has 2 aromatic rings. The van der Waals surface area contributed by atoms with E-state index in [4.69, 9.17) is 4.74 Å². The molecular weight excluding hydrogens is 200 g/mol. The van der Waals surface area contributed by atoms with Gasteiger partial charge in [-0.1, -0.05) is 18.2 Å².